The molecule has 256 valence electrons. The molecule has 9 nitrogen and oxygen atoms in total. The first-order valence-electron chi connectivity index (χ1n) is 16.7. The molecule has 0 radical (unpaired) electrons. The third-order valence-electron chi connectivity index (χ3n) is 7.98. The summed E-state index contributed by atoms with van der Waals surface area (Å²) in [6.07, 6.45) is 2.59. The summed E-state index contributed by atoms with van der Waals surface area (Å²) in [6.45, 7) is 24.9. The molecule has 4 aromatic rings. The average molecular weight is 681 g/mol. The molecule has 11 heteroatoms. The molecule has 1 aromatic carbocycles. The van der Waals surface area contributed by atoms with Gasteiger partial charge >= 0.3 is 12.2 Å². The number of aromatic nitrogens is 3. The minimum atomic E-state index is -0.814. The third-order valence-corrected chi connectivity index (χ3v) is 10.8. The Morgan fingerprint density at radius 1 is 0.830 bits per heavy atom. The first-order valence-corrected chi connectivity index (χ1v) is 18.8. The van der Waals surface area contributed by atoms with Crippen LogP contribution in [0.2, 0.25) is 5.04 Å². The third kappa shape index (κ3) is 8.36. The van der Waals surface area contributed by atoms with E-state index in [-0.39, 0.29) is 5.04 Å². The van der Waals surface area contributed by atoms with Crippen molar-refractivity contribution in [3.05, 3.63) is 40.8 Å². The Bertz CT molecular complexity index is 1770. The largest absolute Gasteiger partial charge is 0.443 e. The second kappa shape index (κ2) is 12.8. The van der Waals surface area contributed by atoms with Gasteiger partial charge in [0, 0.05) is 16.8 Å². The molecule has 4 heterocycles. The molecule has 0 atom stereocenters. The second-order valence-corrected chi connectivity index (χ2v) is 20.3. The summed E-state index contributed by atoms with van der Waals surface area (Å²) in [5, 5.41) is 5.86. The Labute approximate surface area is 285 Å². The molecule has 0 spiro atoms. The number of fused-ring (bicyclic) bond motifs is 2. The van der Waals surface area contributed by atoms with E-state index < -0.39 is 38.8 Å². The Balaban J connectivity index is 1.68. The molecular formula is C36H52N4O5SSi. The van der Waals surface area contributed by atoms with Gasteiger partial charge in [-0.3, -0.25) is 4.90 Å². The van der Waals surface area contributed by atoms with E-state index in [2.05, 4.69) is 45.6 Å². The van der Waals surface area contributed by atoms with Crippen molar-refractivity contribution >= 4 is 54.4 Å². The van der Waals surface area contributed by atoms with E-state index >= 15 is 0 Å². The van der Waals surface area contributed by atoms with Crippen LogP contribution < -0.4 is 0 Å². The van der Waals surface area contributed by atoms with Gasteiger partial charge < -0.3 is 13.9 Å². The number of nitrogens with zero attached hydrogens (tertiary/aromatic N) is 4. The molecular weight excluding hydrogens is 629 g/mol. The Hall–Kier alpha value is -2.99. The molecule has 1 aliphatic heterocycles. The van der Waals surface area contributed by atoms with Gasteiger partial charge in [-0.25, -0.2) is 14.2 Å². The van der Waals surface area contributed by atoms with Crippen LogP contribution in [0.1, 0.15) is 106 Å². The summed E-state index contributed by atoms with van der Waals surface area (Å²) in [5.41, 5.74) is 1.60. The van der Waals surface area contributed by atoms with Gasteiger partial charge in [0.15, 0.2) is 9.76 Å². The molecule has 0 unspecified atom stereocenters. The summed E-state index contributed by atoms with van der Waals surface area (Å²) in [6, 6.07) is 10.1. The van der Waals surface area contributed by atoms with Gasteiger partial charge in [-0.15, -0.1) is 11.3 Å². The number of piperidine rings is 1. The lowest BCUT2D eigenvalue weighted by Crippen LogP contribution is -2.29. The van der Waals surface area contributed by atoms with Crippen molar-refractivity contribution in [2.75, 3.05) is 13.1 Å². The Kier molecular flexibility index (Phi) is 9.62. The monoisotopic (exact) mass is 680 g/mol. The number of likely N-dealkylation sites (tertiary alicyclic amines) is 1. The molecule has 1 aliphatic rings. The average Bonchev–Trinajstić information content (AvgIpc) is 3.61. The van der Waals surface area contributed by atoms with E-state index in [4.69, 9.17) is 19.0 Å². The highest BCUT2D eigenvalue weighted by molar-refractivity contribution is 7.19. The van der Waals surface area contributed by atoms with Crippen molar-refractivity contribution in [1.29, 1.82) is 0 Å². The zero-order valence-corrected chi connectivity index (χ0v) is 32.3. The molecule has 1 fully saturated rings. The van der Waals surface area contributed by atoms with E-state index in [0.717, 1.165) is 40.2 Å². The van der Waals surface area contributed by atoms with Crippen molar-refractivity contribution in [2.45, 2.75) is 124 Å². The lowest BCUT2D eigenvalue weighted by Gasteiger charge is -2.30. The Morgan fingerprint density at radius 2 is 1.47 bits per heavy atom. The second-order valence-electron chi connectivity index (χ2n) is 16.5. The van der Waals surface area contributed by atoms with Crippen LogP contribution in [0, 0.1) is 0 Å². The summed E-state index contributed by atoms with van der Waals surface area (Å²) >= 11 is 1.61. The van der Waals surface area contributed by atoms with E-state index in [1.165, 1.54) is 23.9 Å². The fraction of sp³-hybridized carbons (Fsp3) is 0.583. The quantitative estimate of drug-likeness (QED) is 0.188. The first kappa shape index (κ1) is 35.3. The molecule has 0 aliphatic carbocycles. The van der Waals surface area contributed by atoms with Crippen LogP contribution in [-0.4, -0.2) is 65.5 Å². The van der Waals surface area contributed by atoms with Gasteiger partial charge in [0.05, 0.1) is 27.0 Å². The minimum Gasteiger partial charge on any atom is -0.443 e. The maximum atomic E-state index is 13.9. The van der Waals surface area contributed by atoms with Gasteiger partial charge in [-0.1, -0.05) is 33.3 Å². The van der Waals surface area contributed by atoms with Crippen LogP contribution in [0.5, 0.6) is 0 Å². The number of rotatable bonds is 6. The molecule has 5 rings (SSSR count). The fourth-order valence-corrected chi connectivity index (χ4v) is 7.87. The SMILES string of the molecule is CC(C)(C)OC(=O)n1nc(-c2cc3cc(C(C)(C)O[SiH2]C(C)(C)C)ccc3n2C(=O)OC(C)(C)C)c2sc(CN3CCCCC3)cc21. The predicted molar refractivity (Wildman–Crippen MR) is 193 cm³/mol. The maximum absolute atomic E-state index is 13.9. The highest BCUT2D eigenvalue weighted by Gasteiger charge is 2.31. The van der Waals surface area contributed by atoms with E-state index in [1.54, 1.807) is 15.9 Å². The van der Waals surface area contributed by atoms with E-state index in [1.807, 2.05) is 65.8 Å². The van der Waals surface area contributed by atoms with E-state index in [0.29, 0.717) is 22.4 Å². The minimum absolute atomic E-state index is 0.153. The van der Waals surface area contributed by atoms with Crippen LogP contribution in [0.3, 0.4) is 0 Å². The predicted octanol–water partition coefficient (Wildman–Crippen LogP) is 8.83. The Morgan fingerprint density at radius 3 is 2.09 bits per heavy atom. The van der Waals surface area contributed by atoms with Crippen LogP contribution >= 0.6 is 11.3 Å². The normalized spacial score (nSPS) is 15.7. The fourth-order valence-electron chi connectivity index (χ4n) is 5.73. The molecule has 0 amide bonds. The summed E-state index contributed by atoms with van der Waals surface area (Å²) in [4.78, 5) is 31.1. The zero-order chi connectivity index (χ0) is 34.5. The number of hydrogen-bond donors (Lipinski definition) is 0. The first-order chi connectivity index (χ1) is 21.7. The van der Waals surface area contributed by atoms with Crippen LogP contribution in [0.15, 0.2) is 30.3 Å². The number of benzene rings is 1. The smallest absolute Gasteiger partial charge is 0.435 e. The van der Waals surface area contributed by atoms with Gasteiger partial charge in [0.25, 0.3) is 0 Å². The van der Waals surface area contributed by atoms with Gasteiger partial charge in [-0.05, 0) is 116 Å². The summed E-state index contributed by atoms with van der Waals surface area (Å²) in [7, 11) is -0.814. The van der Waals surface area contributed by atoms with Crippen molar-refractivity contribution < 1.29 is 23.5 Å². The molecule has 0 N–H and O–H groups in total. The van der Waals surface area contributed by atoms with Crippen molar-refractivity contribution in [3.8, 4) is 11.4 Å². The number of carbonyl (C=O) groups excluding carboxylic acids is 2. The topological polar surface area (TPSA) is 87.8 Å². The van der Waals surface area contributed by atoms with Gasteiger partial charge in [0.1, 0.15) is 16.9 Å². The molecule has 3 aromatic heterocycles. The highest BCUT2D eigenvalue weighted by atomic mass is 32.1. The molecule has 47 heavy (non-hydrogen) atoms. The highest BCUT2D eigenvalue weighted by Crippen LogP contribution is 2.40. The van der Waals surface area contributed by atoms with Crippen LogP contribution in [0.4, 0.5) is 9.59 Å². The molecule has 0 saturated carbocycles. The lowest BCUT2D eigenvalue weighted by molar-refractivity contribution is 0.0520. The summed E-state index contributed by atoms with van der Waals surface area (Å²) in [5.74, 6) is 0. The molecule has 1 saturated heterocycles. The number of ether oxygens (including phenoxy) is 2. The lowest BCUT2D eigenvalue weighted by atomic mass is 9.97. The van der Waals surface area contributed by atoms with Gasteiger partial charge in [-0.2, -0.15) is 9.78 Å². The van der Waals surface area contributed by atoms with Gasteiger partial charge in [0.2, 0.25) is 0 Å². The van der Waals surface area contributed by atoms with Crippen LogP contribution in [0.25, 0.3) is 32.5 Å². The van der Waals surface area contributed by atoms with E-state index in [9.17, 15) is 9.59 Å². The van der Waals surface area contributed by atoms with Crippen molar-refractivity contribution in [2.24, 2.45) is 0 Å². The maximum Gasteiger partial charge on any atom is 0.435 e. The standard InChI is InChI=1S/C36H52N4O5SSi/c1-33(2,3)43-31(41)39-26-16-15-24(36(10,11)45-47-35(7,8)9)19-23(26)20-27(39)29-30-28(40(37-29)32(42)44-34(4,5)6)21-25(46-30)22-38-17-13-12-14-18-38/h15-16,19-21H,12-14,17-18,22,47H2,1-11H3. The number of carbonyl (C=O) groups is 2. The number of hydrogen-bond acceptors (Lipinski definition) is 8. The van der Waals surface area contributed by atoms with Crippen LogP contribution in [-0.2, 0) is 26.0 Å². The van der Waals surface area contributed by atoms with Crippen molar-refractivity contribution in [1.82, 2.24) is 19.2 Å². The molecule has 0 bridgehead atoms. The zero-order valence-electron chi connectivity index (χ0n) is 30.1. The van der Waals surface area contributed by atoms with Crippen molar-refractivity contribution in [3.63, 3.8) is 0 Å². The summed E-state index contributed by atoms with van der Waals surface area (Å²) < 4.78 is 22.0. The number of thiophene rings is 1.